The summed E-state index contributed by atoms with van der Waals surface area (Å²) in [5.41, 5.74) is 0.834. The van der Waals surface area contributed by atoms with Crippen LogP contribution < -0.4 is 0 Å². The number of carbonyl (C=O) groups excluding carboxylic acids is 1. The van der Waals surface area contributed by atoms with Crippen molar-refractivity contribution in [2.45, 2.75) is 18.9 Å². The van der Waals surface area contributed by atoms with Crippen LogP contribution in [0.5, 0.6) is 0 Å². The molecule has 1 fully saturated rings. The van der Waals surface area contributed by atoms with E-state index in [2.05, 4.69) is 11.8 Å². The third-order valence-corrected chi connectivity index (χ3v) is 2.68. The smallest absolute Gasteiger partial charge is 0.299 e. The van der Waals surface area contributed by atoms with Crippen LogP contribution in [0.1, 0.15) is 18.4 Å². The second kappa shape index (κ2) is 5.51. The molecular formula is C14H15NO2. The second-order valence-corrected chi connectivity index (χ2v) is 4.07. The fraction of sp³-hybridized carbons (Fsp3) is 0.357. The first kappa shape index (κ1) is 11.7. The van der Waals surface area contributed by atoms with E-state index in [4.69, 9.17) is 5.11 Å². The monoisotopic (exact) mass is 229 g/mol. The molecule has 3 nitrogen and oxygen atoms in total. The summed E-state index contributed by atoms with van der Waals surface area (Å²) in [7, 11) is 0. The lowest BCUT2D eigenvalue weighted by Gasteiger charge is -2.17. The number of carbonyl (C=O) groups is 1. The Kier molecular flexibility index (Phi) is 3.79. The van der Waals surface area contributed by atoms with Crippen LogP contribution in [0.2, 0.25) is 0 Å². The molecule has 0 saturated heterocycles. The van der Waals surface area contributed by atoms with Gasteiger partial charge in [-0.25, -0.2) is 0 Å². The van der Waals surface area contributed by atoms with E-state index >= 15 is 0 Å². The van der Waals surface area contributed by atoms with Crippen LogP contribution in [0.4, 0.5) is 0 Å². The van der Waals surface area contributed by atoms with Gasteiger partial charge >= 0.3 is 0 Å². The highest BCUT2D eigenvalue weighted by atomic mass is 16.3. The Hall–Kier alpha value is -1.79. The number of benzene rings is 1. The van der Waals surface area contributed by atoms with Gasteiger partial charge in [-0.3, -0.25) is 4.79 Å². The Morgan fingerprint density at radius 3 is 2.65 bits per heavy atom. The van der Waals surface area contributed by atoms with Crippen molar-refractivity contribution >= 4 is 5.91 Å². The molecule has 1 aromatic rings. The molecule has 1 amide bonds. The molecule has 0 heterocycles. The first-order chi connectivity index (χ1) is 8.31. The molecule has 17 heavy (non-hydrogen) atoms. The molecule has 88 valence electrons. The van der Waals surface area contributed by atoms with Gasteiger partial charge in [0.05, 0.1) is 6.61 Å². The van der Waals surface area contributed by atoms with Crippen LogP contribution >= 0.6 is 0 Å². The van der Waals surface area contributed by atoms with Crippen LogP contribution in [0, 0.1) is 11.8 Å². The maximum Gasteiger partial charge on any atom is 0.299 e. The van der Waals surface area contributed by atoms with Gasteiger partial charge in [0.1, 0.15) is 0 Å². The number of rotatable bonds is 3. The molecule has 1 aromatic carbocycles. The third-order valence-electron chi connectivity index (χ3n) is 2.68. The molecule has 1 aliphatic rings. The SMILES string of the molecule is O=C(C#Cc1ccccc1)N(CCO)C1CC1. The first-order valence-electron chi connectivity index (χ1n) is 5.80. The van der Waals surface area contributed by atoms with Gasteiger partial charge in [0, 0.05) is 24.1 Å². The summed E-state index contributed by atoms with van der Waals surface area (Å²) in [5, 5.41) is 8.91. The Morgan fingerprint density at radius 1 is 1.35 bits per heavy atom. The molecule has 1 aliphatic carbocycles. The molecule has 0 unspecified atom stereocenters. The minimum absolute atomic E-state index is 0.00471. The summed E-state index contributed by atoms with van der Waals surface area (Å²) in [6.45, 7) is 0.377. The van der Waals surface area contributed by atoms with E-state index in [0.717, 1.165) is 18.4 Å². The number of nitrogens with zero attached hydrogens (tertiary/aromatic N) is 1. The Morgan fingerprint density at radius 2 is 2.06 bits per heavy atom. The van der Waals surface area contributed by atoms with Crippen molar-refractivity contribution in [2.75, 3.05) is 13.2 Å². The van der Waals surface area contributed by atoms with Gasteiger partial charge in [-0.15, -0.1) is 0 Å². The Bertz CT molecular complexity index is 440. The highest BCUT2D eigenvalue weighted by Gasteiger charge is 2.31. The quantitative estimate of drug-likeness (QED) is 0.786. The Labute approximate surface area is 101 Å². The van der Waals surface area contributed by atoms with Crippen LogP contribution in [-0.4, -0.2) is 35.1 Å². The molecule has 1 N–H and O–H groups in total. The third kappa shape index (κ3) is 3.33. The molecule has 0 radical (unpaired) electrons. The van der Waals surface area contributed by atoms with E-state index in [1.165, 1.54) is 0 Å². The van der Waals surface area contributed by atoms with Gasteiger partial charge in [-0.2, -0.15) is 0 Å². The van der Waals surface area contributed by atoms with E-state index in [0.29, 0.717) is 12.6 Å². The van der Waals surface area contributed by atoms with Crippen molar-refractivity contribution in [1.82, 2.24) is 4.90 Å². The molecule has 0 atom stereocenters. The fourth-order valence-electron chi connectivity index (χ4n) is 1.66. The normalized spacial score (nSPS) is 13.7. The zero-order valence-electron chi connectivity index (χ0n) is 9.60. The van der Waals surface area contributed by atoms with Crippen molar-refractivity contribution in [1.29, 1.82) is 0 Å². The van der Waals surface area contributed by atoms with Crippen molar-refractivity contribution in [2.24, 2.45) is 0 Å². The van der Waals surface area contributed by atoms with Crippen molar-refractivity contribution in [3.8, 4) is 11.8 Å². The zero-order valence-corrected chi connectivity index (χ0v) is 9.60. The summed E-state index contributed by atoms with van der Waals surface area (Å²) in [5.74, 6) is 5.28. The standard InChI is InChI=1S/C14H15NO2/c16-11-10-15(13-7-8-13)14(17)9-6-12-4-2-1-3-5-12/h1-5,13,16H,7-8,10-11H2. The van der Waals surface area contributed by atoms with Gasteiger partial charge in [0.2, 0.25) is 0 Å². The molecule has 2 rings (SSSR count). The number of hydrogen-bond donors (Lipinski definition) is 1. The molecular weight excluding hydrogens is 214 g/mol. The highest BCUT2D eigenvalue weighted by molar-refractivity contribution is 5.94. The number of aliphatic hydroxyl groups is 1. The van der Waals surface area contributed by atoms with Crippen LogP contribution in [-0.2, 0) is 4.79 Å². The average Bonchev–Trinajstić information content (AvgIpc) is 3.18. The summed E-state index contributed by atoms with van der Waals surface area (Å²) >= 11 is 0. The van der Waals surface area contributed by atoms with Crippen molar-refractivity contribution < 1.29 is 9.90 Å². The molecule has 0 aromatic heterocycles. The van der Waals surface area contributed by atoms with Crippen LogP contribution in [0.25, 0.3) is 0 Å². The summed E-state index contributed by atoms with van der Waals surface area (Å²) in [6.07, 6.45) is 2.05. The van der Waals surface area contributed by atoms with Gasteiger partial charge < -0.3 is 10.0 Å². The van der Waals surface area contributed by atoms with Crippen LogP contribution in [0.15, 0.2) is 30.3 Å². The topological polar surface area (TPSA) is 40.5 Å². The summed E-state index contributed by atoms with van der Waals surface area (Å²) in [6, 6.07) is 9.72. The van der Waals surface area contributed by atoms with Gasteiger partial charge in [0.25, 0.3) is 5.91 Å². The second-order valence-electron chi connectivity index (χ2n) is 4.07. The maximum absolute atomic E-state index is 11.8. The zero-order chi connectivity index (χ0) is 12.1. The van der Waals surface area contributed by atoms with E-state index in [9.17, 15) is 4.79 Å². The summed E-state index contributed by atoms with van der Waals surface area (Å²) < 4.78 is 0. The molecule has 0 aliphatic heterocycles. The fourth-order valence-corrected chi connectivity index (χ4v) is 1.66. The maximum atomic E-state index is 11.8. The van der Waals surface area contributed by atoms with Crippen LogP contribution in [0.3, 0.4) is 0 Å². The first-order valence-corrected chi connectivity index (χ1v) is 5.80. The van der Waals surface area contributed by atoms with Crippen molar-refractivity contribution in [3.05, 3.63) is 35.9 Å². The number of amides is 1. The average molecular weight is 229 g/mol. The predicted molar refractivity (Wildman–Crippen MR) is 65.1 cm³/mol. The predicted octanol–water partition coefficient (Wildman–Crippen LogP) is 1.02. The minimum atomic E-state index is -0.189. The number of hydrogen-bond acceptors (Lipinski definition) is 2. The largest absolute Gasteiger partial charge is 0.395 e. The minimum Gasteiger partial charge on any atom is -0.395 e. The van der Waals surface area contributed by atoms with Gasteiger partial charge in [-0.05, 0) is 25.0 Å². The van der Waals surface area contributed by atoms with Gasteiger partial charge in [0.15, 0.2) is 0 Å². The van der Waals surface area contributed by atoms with Gasteiger partial charge in [-0.1, -0.05) is 24.1 Å². The van der Waals surface area contributed by atoms with E-state index in [1.807, 2.05) is 30.3 Å². The van der Waals surface area contributed by atoms with E-state index in [-0.39, 0.29) is 12.5 Å². The molecule has 1 saturated carbocycles. The number of aliphatic hydroxyl groups excluding tert-OH is 1. The lowest BCUT2D eigenvalue weighted by atomic mass is 10.2. The molecule has 0 bridgehead atoms. The molecule has 0 spiro atoms. The van der Waals surface area contributed by atoms with E-state index in [1.54, 1.807) is 4.90 Å². The molecule has 3 heteroatoms. The lowest BCUT2D eigenvalue weighted by molar-refractivity contribution is -0.126. The summed E-state index contributed by atoms with van der Waals surface area (Å²) in [4.78, 5) is 13.5. The Balaban J connectivity index is 2.02. The van der Waals surface area contributed by atoms with E-state index < -0.39 is 0 Å². The lowest BCUT2D eigenvalue weighted by Crippen LogP contribution is -2.34. The highest BCUT2D eigenvalue weighted by Crippen LogP contribution is 2.26. The van der Waals surface area contributed by atoms with Crippen molar-refractivity contribution in [3.63, 3.8) is 0 Å².